The van der Waals surface area contributed by atoms with Gasteiger partial charge in [0.15, 0.2) is 0 Å². The van der Waals surface area contributed by atoms with Gasteiger partial charge in [0.1, 0.15) is 0 Å². The third-order valence-electron chi connectivity index (χ3n) is 2.63. The van der Waals surface area contributed by atoms with Gasteiger partial charge >= 0.3 is 0 Å². The minimum absolute atomic E-state index is 0.0227. The zero-order valence-electron chi connectivity index (χ0n) is 9.63. The van der Waals surface area contributed by atoms with Crippen LogP contribution < -0.4 is 11.1 Å². The summed E-state index contributed by atoms with van der Waals surface area (Å²) in [6, 6.07) is 5.73. The van der Waals surface area contributed by atoms with E-state index in [4.69, 9.17) is 5.73 Å². The first kappa shape index (κ1) is 12.9. The van der Waals surface area contributed by atoms with Gasteiger partial charge in [-0.05, 0) is 37.5 Å². The normalized spacial score (nSPS) is 13.1. The summed E-state index contributed by atoms with van der Waals surface area (Å²) in [5, 5.41) is 2.79. The number of halogens is 2. The molecule has 0 radical (unpaired) electrons. The predicted octanol–water partition coefficient (Wildman–Crippen LogP) is 2.36. The van der Waals surface area contributed by atoms with E-state index in [0.717, 1.165) is 16.8 Å². The highest BCUT2D eigenvalue weighted by molar-refractivity contribution is 5.50. The Morgan fingerprint density at radius 1 is 1.38 bits per heavy atom. The molecule has 1 aromatic carbocycles. The lowest BCUT2D eigenvalue weighted by atomic mass is 10.0. The molecule has 3 N–H and O–H groups in total. The van der Waals surface area contributed by atoms with E-state index < -0.39 is 6.43 Å². The number of rotatable bonds is 5. The van der Waals surface area contributed by atoms with Gasteiger partial charge in [-0.15, -0.1) is 0 Å². The number of hydrogen-bond donors (Lipinski definition) is 2. The minimum Gasteiger partial charge on any atom is -0.399 e. The van der Waals surface area contributed by atoms with Gasteiger partial charge in [-0.1, -0.05) is 12.1 Å². The van der Waals surface area contributed by atoms with Gasteiger partial charge in [-0.25, -0.2) is 8.78 Å². The highest BCUT2D eigenvalue weighted by atomic mass is 19.3. The molecule has 16 heavy (non-hydrogen) atoms. The molecule has 1 aromatic rings. The second-order valence-corrected chi connectivity index (χ2v) is 4.04. The summed E-state index contributed by atoms with van der Waals surface area (Å²) in [7, 11) is 0. The third-order valence-corrected chi connectivity index (χ3v) is 2.63. The van der Waals surface area contributed by atoms with E-state index in [1.807, 2.05) is 32.0 Å². The first-order valence-corrected chi connectivity index (χ1v) is 5.36. The van der Waals surface area contributed by atoms with Crippen molar-refractivity contribution in [3.63, 3.8) is 0 Å². The first-order valence-electron chi connectivity index (χ1n) is 5.36. The zero-order valence-corrected chi connectivity index (χ0v) is 9.63. The van der Waals surface area contributed by atoms with Gasteiger partial charge in [-0.2, -0.15) is 0 Å². The van der Waals surface area contributed by atoms with Crippen molar-refractivity contribution in [2.75, 3.05) is 12.3 Å². The molecule has 0 heterocycles. The Hall–Kier alpha value is -1.16. The topological polar surface area (TPSA) is 38.0 Å². The fourth-order valence-corrected chi connectivity index (χ4v) is 1.62. The van der Waals surface area contributed by atoms with E-state index in [0.29, 0.717) is 6.42 Å². The average Bonchev–Trinajstić information content (AvgIpc) is 2.22. The van der Waals surface area contributed by atoms with Crippen LogP contribution in [-0.4, -0.2) is 19.0 Å². The van der Waals surface area contributed by atoms with Crippen LogP contribution in [0.2, 0.25) is 0 Å². The van der Waals surface area contributed by atoms with Crippen LogP contribution in [0.5, 0.6) is 0 Å². The Kier molecular flexibility index (Phi) is 4.68. The predicted molar refractivity (Wildman–Crippen MR) is 62.8 cm³/mol. The Balaban J connectivity index is 2.56. The van der Waals surface area contributed by atoms with Gasteiger partial charge in [0.25, 0.3) is 6.43 Å². The molecule has 0 bridgehead atoms. The summed E-state index contributed by atoms with van der Waals surface area (Å²) in [6.45, 7) is 3.58. The molecule has 4 heteroatoms. The van der Waals surface area contributed by atoms with Crippen LogP contribution >= 0.6 is 0 Å². The number of nitrogens with one attached hydrogen (secondary N) is 1. The molecule has 1 rings (SSSR count). The molecular formula is C12H18F2N2. The first-order chi connectivity index (χ1) is 7.50. The summed E-state index contributed by atoms with van der Waals surface area (Å²) in [6.07, 6.45) is -1.59. The largest absolute Gasteiger partial charge is 0.399 e. The van der Waals surface area contributed by atoms with Crippen molar-refractivity contribution >= 4 is 5.69 Å². The zero-order chi connectivity index (χ0) is 12.1. The van der Waals surface area contributed by atoms with Crippen LogP contribution in [0.3, 0.4) is 0 Å². The van der Waals surface area contributed by atoms with Crippen LogP contribution in [0.4, 0.5) is 14.5 Å². The summed E-state index contributed by atoms with van der Waals surface area (Å²) < 4.78 is 24.0. The summed E-state index contributed by atoms with van der Waals surface area (Å²) in [5.41, 5.74) is 8.67. The third kappa shape index (κ3) is 3.77. The van der Waals surface area contributed by atoms with Gasteiger partial charge in [-0.3, -0.25) is 0 Å². The molecule has 1 atom stereocenters. The van der Waals surface area contributed by atoms with E-state index in [1.54, 1.807) is 0 Å². The summed E-state index contributed by atoms with van der Waals surface area (Å²) >= 11 is 0. The van der Waals surface area contributed by atoms with Gasteiger partial charge in [0.05, 0.1) is 6.54 Å². The van der Waals surface area contributed by atoms with Crippen LogP contribution in [0.15, 0.2) is 18.2 Å². The molecule has 0 aliphatic rings. The second-order valence-electron chi connectivity index (χ2n) is 4.04. The molecule has 0 unspecified atom stereocenters. The standard InChI is InChI=1S/C12H18F2N2/c1-8(16-7-12(13)14)6-10-4-3-5-11(15)9(10)2/h3-5,8,12,16H,6-7,15H2,1-2H3/t8-/m1/s1. The maximum atomic E-state index is 12.0. The van der Waals surface area contributed by atoms with Crippen LogP contribution in [0, 0.1) is 6.92 Å². The maximum absolute atomic E-state index is 12.0. The monoisotopic (exact) mass is 228 g/mol. The van der Waals surface area contributed by atoms with Crippen molar-refractivity contribution in [1.82, 2.24) is 5.32 Å². The molecule has 0 saturated carbocycles. The number of benzene rings is 1. The lowest BCUT2D eigenvalue weighted by Gasteiger charge is -2.15. The molecule has 0 saturated heterocycles. The Labute approximate surface area is 94.8 Å². The fourth-order valence-electron chi connectivity index (χ4n) is 1.62. The van der Waals surface area contributed by atoms with E-state index >= 15 is 0 Å². The van der Waals surface area contributed by atoms with Crippen LogP contribution in [0.25, 0.3) is 0 Å². The van der Waals surface area contributed by atoms with Gasteiger partial charge in [0, 0.05) is 11.7 Å². The van der Waals surface area contributed by atoms with Crippen LogP contribution in [0.1, 0.15) is 18.1 Å². The van der Waals surface area contributed by atoms with Crippen molar-refractivity contribution in [3.05, 3.63) is 29.3 Å². The lowest BCUT2D eigenvalue weighted by molar-refractivity contribution is 0.142. The number of nitrogen functional groups attached to an aromatic ring is 1. The Morgan fingerprint density at radius 3 is 2.69 bits per heavy atom. The Morgan fingerprint density at radius 2 is 2.06 bits per heavy atom. The van der Waals surface area contributed by atoms with E-state index in [1.165, 1.54) is 0 Å². The van der Waals surface area contributed by atoms with E-state index in [9.17, 15) is 8.78 Å². The molecule has 90 valence electrons. The number of nitrogens with two attached hydrogens (primary N) is 1. The smallest absolute Gasteiger partial charge is 0.250 e. The van der Waals surface area contributed by atoms with Crippen LogP contribution in [-0.2, 0) is 6.42 Å². The molecular weight excluding hydrogens is 210 g/mol. The molecule has 0 aliphatic carbocycles. The average molecular weight is 228 g/mol. The number of alkyl halides is 2. The molecule has 0 amide bonds. The molecule has 0 aliphatic heterocycles. The fraction of sp³-hybridized carbons (Fsp3) is 0.500. The van der Waals surface area contributed by atoms with E-state index in [-0.39, 0.29) is 12.6 Å². The lowest BCUT2D eigenvalue weighted by Crippen LogP contribution is -2.32. The maximum Gasteiger partial charge on any atom is 0.250 e. The highest BCUT2D eigenvalue weighted by Gasteiger charge is 2.09. The Bertz CT molecular complexity index is 340. The number of hydrogen-bond acceptors (Lipinski definition) is 2. The molecule has 2 nitrogen and oxygen atoms in total. The highest BCUT2D eigenvalue weighted by Crippen LogP contribution is 2.16. The summed E-state index contributed by atoms with van der Waals surface area (Å²) in [4.78, 5) is 0. The van der Waals surface area contributed by atoms with Crippen molar-refractivity contribution in [2.24, 2.45) is 0 Å². The van der Waals surface area contributed by atoms with Gasteiger partial charge in [0.2, 0.25) is 0 Å². The van der Waals surface area contributed by atoms with Gasteiger partial charge < -0.3 is 11.1 Å². The molecule has 0 fully saturated rings. The molecule has 0 spiro atoms. The number of anilines is 1. The molecule has 0 aromatic heterocycles. The van der Waals surface area contributed by atoms with E-state index in [2.05, 4.69) is 5.32 Å². The SMILES string of the molecule is Cc1c(N)cccc1C[C@@H](C)NCC(F)F. The summed E-state index contributed by atoms with van der Waals surface area (Å²) in [5.74, 6) is 0. The van der Waals surface area contributed by atoms with Crippen molar-refractivity contribution in [2.45, 2.75) is 32.7 Å². The van der Waals surface area contributed by atoms with Crippen molar-refractivity contribution < 1.29 is 8.78 Å². The van der Waals surface area contributed by atoms with Crippen molar-refractivity contribution in [3.8, 4) is 0 Å². The quantitative estimate of drug-likeness (QED) is 0.759. The second kappa shape index (κ2) is 5.80. The minimum atomic E-state index is -2.30. The van der Waals surface area contributed by atoms with Crippen molar-refractivity contribution in [1.29, 1.82) is 0 Å².